The summed E-state index contributed by atoms with van der Waals surface area (Å²) in [5.74, 6) is 0.328. The van der Waals surface area contributed by atoms with Crippen molar-refractivity contribution < 1.29 is 9.53 Å². The summed E-state index contributed by atoms with van der Waals surface area (Å²) >= 11 is 0. The van der Waals surface area contributed by atoms with E-state index < -0.39 is 0 Å². The molecule has 1 aliphatic heterocycles. The first kappa shape index (κ1) is 16.7. The lowest BCUT2D eigenvalue weighted by Gasteiger charge is -2.08. The van der Waals surface area contributed by atoms with Crippen molar-refractivity contribution in [1.29, 1.82) is 0 Å². The maximum atomic E-state index is 12.5. The van der Waals surface area contributed by atoms with Gasteiger partial charge in [0.05, 0.1) is 36.3 Å². The molecule has 2 aromatic rings. The van der Waals surface area contributed by atoms with Gasteiger partial charge in [0.15, 0.2) is 0 Å². The third-order valence-corrected chi connectivity index (χ3v) is 4.19. The van der Waals surface area contributed by atoms with E-state index in [-0.39, 0.29) is 12.0 Å². The highest BCUT2D eigenvalue weighted by Gasteiger charge is 2.18. The topological polar surface area (TPSA) is 74.0 Å². The van der Waals surface area contributed by atoms with E-state index in [1.54, 1.807) is 12.4 Å². The lowest BCUT2D eigenvalue weighted by atomic mass is 10.2. The molecule has 1 fully saturated rings. The zero-order valence-electron chi connectivity index (χ0n) is 14.5. The van der Waals surface area contributed by atoms with Gasteiger partial charge in [-0.2, -0.15) is 10.2 Å². The summed E-state index contributed by atoms with van der Waals surface area (Å²) in [6, 6.07) is 0. The maximum Gasteiger partial charge on any atom is 0.259 e. The molecule has 1 N–H and O–H groups in total. The van der Waals surface area contributed by atoms with Crippen molar-refractivity contribution in [3.05, 3.63) is 29.8 Å². The van der Waals surface area contributed by atoms with Gasteiger partial charge in [0.25, 0.3) is 5.91 Å². The molecule has 0 aliphatic carbocycles. The van der Waals surface area contributed by atoms with Crippen LogP contribution in [0.3, 0.4) is 0 Å². The molecule has 0 aromatic carbocycles. The van der Waals surface area contributed by atoms with Crippen molar-refractivity contribution in [2.75, 3.05) is 11.9 Å². The minimum Gasteiger partial charge on any atom is -0.376 e. The number of carbonyl (C=O) groups is 1. The fourth-order valence-corrected chi connectivity index (χ4v) is 2.92. The number of rotatable bonds is 6. The molecule has 3 rings (SSSR count). The lowest BCUT2D eigenvalue weighted by molar-refractivity contribution is 0.0940. The SMILES string of the molecule is Cc1c(C(=O)Nc2cnn(CC3CCCO3)c2)cnn1CC(C)C. The third-order valence-electron chi connectivity index (χ3n) is 4.19. The molecule has 130 valence electrons. The molecule has 1 aliphatic rings. The minimum absolute atomic E-state index is 0.154. The Bertz CT molecular complexity index is 698. The normalized spacial score (nSPS) is 17.6. The Hall–Kier alpha value is -2.15. The largest absolute Gasteiger partial charge is 0.376 e. The van der Waals surface area contributed by atoms with E-state index >= 15 is 0 Å². The number of ether oxygens (including phenoxy) is 1. The van der Waals surface area contributed by atoms with Crippen molar-refractivity contribution in [3.8, 4) is 0 Å². The molecule has 0 radical (unpaired) electrons. The number of anilines is 1. The van der Waals surface area contributed by atoms with Gasteiger partial charge in [-0.05, 0) is 25.7 Å². The summed E-state index contributed by atoms with van der Waals surface area (Å²) in [7, 11) is 0. The van der Waals surface area contributed by atoms with E-state index in [4.69, 9.17) is 4.74 Å². The Morgan fingerprint density at radius 1 is 1.42 bits per heavy atom. The quantitative estimate of drug-likeness (QED) is 0.882. The fraction of sp³-hybridized carbons (Fsp3) is 0.588. The van der Waals surface area contributed by atoms with Gasteiger partial charge in [-0.3, -0.25) is 14.2 Å². The van der Waals surface area contributed by atoms with Crippen molar-refractivity contribution in [2.24, 2.45) is 5.92 Å². The van der Waals surface area contributed by atoms with E-state index in [0.717, 1.165) is 38.2 Å². The number of nitrogens with zero attached hydrogens (tertiary/aromatic N) is 4. The fourth-order valence-electron chi connectivity index (χ4n) is 2.92. The number of amides is 1. The van der Waals surface area contributed by atoms with E-state index in [1.165, 1.54) is 0 Å². The van der Waals surface area contributed by atoms with Crippen LogP contribution in [0.15, 0.2) is 18.6 Å². The first-order chi connectivity index (χ1) is 11.5. The summed E-state index contributed by atoms with van der Waals surface area (Å²) in [4.78, 5) is 12.5. The van der Waals surface area contributed by atoms with E-state index in [2.05, 4.69) is 29.4 Å². The summed E-state index contributed by atoms with van der Waals surface area (Å²) in [6.07, 6.45) is 7.54. The number of aromatic nitrogens is 4. The second-order valence-electron chi connectivity index (χ2n) is 6.76. The second kappa shape index (κ2) is 7.17. The van der Waals surface area contributed by atoms with Gasteiger partial charge < -0.3 is 10.1 Å². The molecule has 7 nitrogen and oxygen atoms in total. The van der Waals surface area contributed by atoms with Gasteiger partial charge in [-0.15, -0.1) is 0 Å². The maximum absolute atomic E-state index is 12.5. The molecule has 0 bridgehead atoms. The second-order valence-corrected chi connectivity index (χ2v) is 6.76. The van der Waals surface area contributed by atoms with Crippen molar-refractivity contribution in [3.63, 3.8) is 0 Å². The average Bonchev–Trinajstić information content (AvgIpc) is 3.24. The van der Waals surface area contributed by atoms with Crippen molar-refractivity contribution in [2.45, 2.75) is 52.8 Å². The van der Waals surface area contributed by atoms with Crippen LogP contribution in [-0.4, -0.2) is 38.2 Å². The van der Waals surface area contributed by atoms with Gasteiger partial charge in [-0.25, -0.2) is 0 Å². The lowest BCUT2D eigenvalue weighted by Crippen LogP contribution is -2.15. The molecule has 0 saturated carbocycles. The highest BCUT2D eigenvalue weighted by molar-refractivity contribution is 6.04. The molecule has 24 heavy (non-hydrogen) atoms. The standard InChI is InChI=1S/C17H25N5O2/c1-12(2)9-22-13(3)16(8-19-22)17(23)20-14-7-18-21(10-14)11-15-5-4-6-24-15/h7-8,10,12,15H,4-6,9,11H2,1-3H3,(H,20,23). The molecule has 0 spiro atoms. The molecule has 3 heterocycles. The van der Waals surface area contributed by atoms with Crippen molar-refractivity contribution >= 4 is 11.6 Å². The van der Waals surface area contributed by atoms with Crippen LogP contribution in [0.4, 0.5) is 5.69 Å². The van der Waals surface area contributed by atoms with Crippen LogP contribution in [0.1, 0.15) is 42.7 Å². The summed E-state index contributed by atoms with van der Waals surface area (Å²) in [5.41, 5.74) is 2.17. The zero-order chi connectivity index (χ0) is 17.1. The molecule has 1 atom stereocenters. The Balaban J connectivity index is 1.62. The van der Waals surface area contributed by atoms with E-state index in [0.29, 0.717) is 17.2 Å². The molecular formula is C17H25N5O2. The smallest absolute Gasteiger partial charge is 0.259 e. The highest BCUT2D eigenvalue weighted by Crippen LogP contribution is 2.16. The summed E-state index contributed by atoms with van der Waals surface area (Å²) < 4.78 is 9.30. The van der Waals surface area contributed by atoms with Crippen LogP contribution in [0.25, 0.3) is 0 Å². The molecule has 7 heteroatoms. The Labute approximate surface area is 142 Å². The molecule has 1 saturated heterocycles. The minimum atomic E-state index is -0.154. The Morgan fingerprint density at radius 2 is 2.25 bits per heavy atom. The van der Waals surface area contributed by atoms with Crippen LogP contribution in [0.5, 0.6) is 0 Å². The number of carbonyl (C=O) groups excluding carboxylic acids is 1. The molecule has 1 unspecified atom stereocenters. The summed E-state index contributed by atoms with van der Waals surface area (Å²) in [6.45, 7) is 8.53. The van der Waals surface area contributed by atoms with Crippen LogP contribution in [0.2, 0.25) is 0 Å². The van der Waals surface area contributed by atoms with Gasteiger partial charge in [0.2, 0.25) is 0 Å². The Morgan fingerprint density at radius 3 is 2.96 bits per heavy atom. The van der Waals surface area contributed by atoms with Crippen LogP contribution in [-0.2, 0) is 17.8 Å². The highest BCUT2D eigenvalue weighted by atomic mass is 16.5. The van der Waals surface area contributed by atoms with E-state index in [1.807, 2.05) is 22.5 Å². The van der Waals surface area contributed by atoms with E-state index in [9.17, 15) is 4.79 Å². The van der Waals surface area contributed by atoms with Gasteiger partial charge in [-0.1, -0.05) is 13.8 Å². The molecular weight excluding hydrogens is 306 g/mol. The Kier molecular flexibility index (Phi) is 4.99. The number of hydrogen-bond acceptors (Lipinski definition) is 4. The summed E-state index contributed by atoms with van der Waals surface area (Å²) in [5, 5.41) is 11.5. The average molecular weight is 331 g/mol. The van der Waals surface area contributed by atoms with Crippen LogP contribution >= 0.6 is 0 Å². The number of nitrogens with one attached hydrogen (secondary N) is 1. The molecule has 2 aromatic heterocycles. The van der Waals surface area contributed by atoms with Gasteiger partial charge in [0, 0.05) is 25.0 Å². The predicted octanol–water partition coefficient (Wildman–Crippen LogP) is 2.48. The predicted molar refractivity (Wildman–Crippen MR) is 91.0 cm³/mol. The van der Waals surface area contributed by atoms with Crippen LogP contribution < -0.4 is 5.32 Å². The van der Waals surface area contributed by atoms with Crippen LogP contribution in [0, 0.1) is 12.8 Å². The van der Waals surface area contributed by atoms with Gasteiger partial charge in [0.1, 0.15) is 0 Å². The number of hydrogen-bond donors (Lipinski definition) is 1. The first-order valence-corrected chi connectivity index (χ1v) is 8.50. The first-order valence-electron chi connectivity index (χ1n) is 8.50. The monoisotopic (exact) mass is 331 g/mol. The van der Waals surface area contributed by atoms with Gasteiger partial charge >= 0.3 is 0 Å². The molecule has 1 amide bonds. The van der Waals surface area contributed by atoms with Crippen molar-refractivity contribution in [1.82, 2.24) is 19.6 Å². The zero-order valence-corrected chi connectivity index (χ0v) is 14.5. The third kappa shape index (κ3) is 3.84.